The molecule has 1 aromatic rings. The van der Waals surface area contributed by atoms with Crippen LogP contribution in [0.15, 0.2) is 24.4 Å². The Labute approximate surface area is 132 Å². The van der Waals surface area contributed by atoms with Gasteiger partial charge in [-0.25, -0.2) is 0 Å². The molecule has 5 heteroatoms. The number of anilines is 1. The molecular weight excluding hydrogens is 278 g/mol. The van der Waals surface area contributed by atoms with Gasteiger partial charge in [-0.2, -0.15) is 0 Å². The van der Waals surface area contributed by atoms with Gasteiger partial charge in [-0.05, 0) is 44.7 Å². The van der Waals surface area contributed by atoms with E-state index in [1.54, 1.807) is 0 Å². The average molecular weight is 303 g/mol. The Hall–Kier alpha value is -2.01. The third-order valence-electron chi connectivity index (χ3n) is 3.33. The minimum atomic E-state index is -0.690. The highest BCUT2D eigenvalue weighted by Crippen LogP contribution is 2.26. The summed E-state index contributed by atoms with van der Waals surface area (Å²) >= 11 is 0. The molecule has 1 aliphatic heterocycles. The lowest BCUT2D eigenvalue weighted by Crippen LogP contribution is -2.42. The number of hydrogen-bond donors (Lipinski definition) is 2. The van der Waals surface area contributed by atoms with Crippen molar-refractivity contribution in [3.05, 3.63) is 35.5 Å². The normalized spacial score (nSPS) is 15.2. The van der Waals surface area contributed by atoms with Gasteiger partial charge in [0.15, 0.2) is 0 Å². The zero-order valence-corrected chi connectivity index (χ0v) is 13.7. The molecule has 0 bridgehead atoms. The van der Waals surface area contributed by atoms with Gasteiger partial charge in [0.2, 0.25) is 0 Å². The number of nitrogens with one attached hydrogen (secondary N) is 1. The lowest BCUT2D eigenvalue weighted by Gasteiger charge is -2.24. The maximum Gasteiger partial charge on any atom is 0.325 e. The van der Waals surface area contributed by atoms with Gasteiger partial charge >= 0.3 is 5.97 Å². The van der Waals surface area contributed by atoms with Crippen LogP contribution in [0.2, 0.25) is 0 Å². The highest BCUT2D eigenvalue weighted by Gasteiger charge is 2.22. The number of rotatable bonds is 4. The van der Waals surface area contributed by atoms with Gasteiger partial charge in [-0.1, -0.05) is 12.1 Å². The third-order valence-corrected chi connectivity index (χ3v) is 3.33. The number of fused-ring (bicyclic) bond motifs is 1. The Kier molecular flexibility index (Phi) is 4.76. The molecule has 1 aliphatic rings. The van der Waals surface area contributed by atoms with Crippen molar-refractivity contribution in [1.82, 2.24) is 4.90 Å². The Morgan fingerprint density at radius 3 is 2.86 bits per heavy atom. The highest BCUT2D eigenvalue weighted by atomic mass is 16.6. The van der Waals surface area contributed by atoms with E-state index in [1.165, 1.54) is 5.56 Å². The van der Waals surface area contributed by atoms with Crippen LogP contribution < -0.4 is 11.1 Å². The van der Waals surface area contributed by atoms with Crippen LogP contribution in [0.25, 0.3) is 6.08 Å². The van der Waals surface area contributed by atoms with Gasteiger partial charge < -0.3 is 20.7 Å². The number of hydrogen-bond acceptors (Lipinski definition) is 5. The van der Waals surface area contributed by atoms with E-state index in [2.05, 4.69) is 22.4 Å². The minimum Gasteiger partial charge on any atom is -0.459 e. The van der Waals surface area contributed by atoms with Crippen LogP contribution in [0.5, 0.6) is 0 Å². The van der Waals surface area contributed by atoms with Gasteiger partial charge in [-0.15, -0.1) is 0 Å². The van der Waals surface area contributed by atoms with E-state index in [-0.39, 0.29) is 5.97 Å². The number of benzene rings is 1. The lowest BCUT2D eigenvalue weighted by atomic mass is 10.0. The van der Waals surface area contributed by atoms with Crippen LogP contribution in [-0.4, -0.2) is 36.1 Å². The standard InChI is InChI=1S/C17H25N3O2/c1-17(2,3)22-16(21)14(18)10-19-15-7-5-6-12-11-20(4)9-8-13(12)15/h5-9,14,19H,10-11,18H2,1-4H3. The smallest absolute Gasteiger partial charge is 0.325 e. The Balaban J connectivity index is 2.00. The molecule has 0 amide bonds. The summed E-state index contributed by atoms with van der Waals surface area (Å²) in [4.78, 5) is 14.0. The number of nitrogens with two attached hydrogens (primary N) is 1. The molecule has 0 saturated heterocycles. The van der Waals surface area contributed by atoms with Crippen molar-refractivity contribution < 1.29 is 9.53 Å². The van der Waals surface area contributed by atoms with E-state index in [4.69, 9.17) is 10.5 Å². The number of esters is 1. The van der Waals surface area contributed by atoms with Crippen LogP contribution in [0.4, 0.5) is 5.69 Å². The maximum absolute atomic E-state index is 11.9. The third kappa shape index (κ3) is 4.24. The summed E-state index contributed by atoms with van der Waals surface area (Å²) < 4.78 is 5.29. The van der Waals surface area contributed by atoms with Crippen LogP contribution in [0.1, 0.15) is 31.9 Å². The van der Waals surface area contributed by atoms with Crippen molar-refractivity contribution >= 4 is 17.7 Å². The summed E-state index contributed by atoms with van der Waals surface area (Å²) in [5.41, 5.74) is 8.77. The predicted molar refractivity (Wildman–Crippen MR) is 89.3 cm³/mol. The van der Waals surface area contributed by atoms with Crippen LogP contribution in [0, 0.1) is 0 Å². The maximum atomic E-state index is 11.9. The van der Waals surface area contributed by atoms with Gasteiger partial charge in [0.1, 0.15) is 11.6 Å². The number of ether oxygens (including phenoxy) is 1. The molecule has 0 saturated carbocycles. The SMILES string of the molecule is CN1C=Cc2c(cccc2NCC(N)C(=O)OC(C)(C)C)C1. The van der Waals surface area contributed by atoms with Crippen molar-refractivity contribution in [1.29, 1.82) is 0 Å². The summed E-state index contributed by atoms with van der Waals surface area (Å²) in [7, 11) is 2.04. The van der Waals surface area contributed by atoms with Gasteiger partial charge in [0.25, 0.3) is 0 Å². The Bertz CT molecular complexity index is 576. The monoisotopic (exact) mass is 303 g/mol. The molecule has 2 rings (SSSR count). The predicted octanol–water partition coefficient (Wildman–Crippen LogP) is 2.18. The Morgan fingerprint density at radius 2 is 2.18 bits per heavy atom. The molecule has 0 spiro atoms. The molecule has 3 N–H and O–H groups in total. The molecule has 0 aromatic heterocycles. The molecule has 5 nitrogen and oxygen atoms in total. The largest absolute Gasteiger partial charge is 0.459 e. The van der Waals surface area contributed by atoms with Crippen molar-refractivity contribution in [2.75, 3.05) is 18.9 Å². The topological polar surface area (TPSA) is 67.6 Å². The fourth-order valence-electron chi connectivity index (χ4n) is 2.31. The first-order chi connectivity index (χ1) is 10.3. The first-order valence-electron chi connectivity index (χ1n) is 7.49. The van der Waals surface area contributed by atoms with E-state index < -0.39 is 11.6 Å². The second-order valence-electron chi connectivity index (χ2n) is 6.63. The van der Waals surface area contributed by atoms with Crippen molar-refractivity contribution in [2.45, 2.75) is 39.0 Å². The van der Waals surface area contributed by atoms with E-state index in [0.29, 0.717) is 6.54 Å². The number of carbonyl (C=O) groups is 1. The van der Waals surface area contributed by atoms with E-state index in [9.17, 15) is 4.79 Å². The summed E-state index contributed by atoms with van der Waals surface area (Å²) in [6.07, 6.45) is 4.11. The van der Waals surface area contributed by atoms with Gasteiger partial charge in [0, 0.05) is 31.4 Å². The van der Waals surface area contributed by atoms with Gasteiger partial charge in [0.05, 0.1) is 0 Å². The zero-order valence-electron chi connectivity index (χ0n) is 13.7. The summed E-state index contributed by atoms with van der Waals surface area (Å²) in [5, 5.41) is 3.26. The lowest BCUT2D eigenvalue weighted by molar-refractivity contribution is -0.156. The minimum absolute atomic E-state index is 0.342. The van der Waals surface area contributed by atoms with Crippen LogP contribution in [-0.2, 0) is 16.1 Å². The highest BCUT2D eigenvalue weighted by molar-refractivity contribution is 5.77. The second-order valence-corrected chi connectivity index (χ2v) is 6.63. The molecule has 1 heterocycles. The quantitative estimate of drug-likeness (QED) is 0.835. The number of nitrogens with zero attached hydrogens (tertiary/aromatic N) is 1. The molecule has 0 aliphatic carbocycles. The molecule has 1 atom stereocenters. The Morgan fingerprint density at radius 1 is 1.45 bits per heavy atom. The molecular formula is C17H25N3O2. The van der Waals surface area contributed by atoms with Gasteiger partial charge in [-0.3, -0.25) is 4.79 Å². The average Bonchev–Trinajstić information content (AvgIpc) is 2.42. The summed E-state index contributed by atoms with van der Waals surface area (Å²) in [6, 6.07) is 5.42. The second kappa shape index (κ2) is 6.40. The first kappa shape index (κ1) is 16.4. The molecule has 22 heavy (non-hydrogen) atoms. The molecule has 0 fully saturated rings. The van der Waals surface area contributed by atoms with Crippen LogP contribution in [0.3, 0.4) is 0 Å². The van der Waals surface area contributed by atoms with Crippen LogP contribution >= 0.6 is 0 Å². The summed E-state index contributed by atoms with van der Waals surface area (Å²) in [6.45, 7) is 6.72. The molecule has 1 unspecified atom stereocenters. The zero-order chi connectivity index (χ0) is 16.3. The molecule has 120 valence electrons. The van der Waals surface area contributed by atoms with E-state index in [0.717, 1.165) is 17.8 Å². The fraction of sp³-hybridized carbons (Fsp3) is 0.471. The fourth-order valence-corrected chi connectivity index (χ4v) is 2.31. The van der Waals surface area contributed by atoms with E-state index >= 15 is 0 Å². The van der Waals surface area contributed by atoms with E-state index in [1.807, 2.05) is 46.2 Å². The summed E-state index contributed by atoms with van der Waals surface area (Å²) in [5.74, 6) is -0.389. The van der Waals surface area contributed by atoms with Crippen molar-refractivity contribution in [2.24, 2.45) is 5.73 Å². The first-order valence-corrected chi connectivity index (χ1v) is 7.49. The number of carbonyl (C=O) groups excluding carboxylic acids is 1. The van der Waals surface area contributed by atoms with Crippen molar-refractivity contribution in [3.63, 3.8) is 0 Å². The van der Waals surface area contributed by atoms with Crippen molar-refractivity contribution in [3.8, 4) is 0 Å². The molecule has 0 radical (unpaired) electrons. The molecule has 1 aromatic carbocycles.